The van der Waals surface area contributed by atoms with Crippen LogP contribution in [-0.4, -0.2) is 82.0 Å². The molecule has 1 heterocycles. The highest BCUT2D eigenvalue weighted by Crippen LogP contribution is 2.21. The molecule has 2 amide bonds. The zero-order valence-corrected chi connectivity index (χ0v) is 15.4. The minimum Gasteiger partial charge on any atom is -0.378 e. The topological polar surface area (TPSA) is 74.3 Å². The van der Waals surface area contributed by atoms with E-state index in [0.29, 0.717) is 63.3 Å². The summed E-state index contributed by atoms with van der Waals surface area (Å²) in [5.41, 5.74) is 0.905. The number of carbonyl (C=O) groups is 2. The summed E-state index contributed by atoms with van der Waals surface area (Å²) in [6, 6.07) is 6.82. The van der Waals surface area contributed by atoms with Gasteiger partial charge in [-0.1, -0.05) is 12.1 Å². The Bertz CT molecular complexity index is 548. The number of amides is 2. The van der Waals surface area contributed by atoms with Gasteiger partial charge in [-0.25, -0.2) is 0 Å². The molecular weight excluding hydrogens is 362 g/mol. The number of rotatable bonds is 14. The summed E-state index contributed by atoms with van der Waals surface area (Å²) in [5.74, 6) is -0.0499. The summed E-state index contributed by atoms with van der Waals surface area (Å²) in [6.07, 6.45) is 0. The van der Waals surface area contributed by atoms with Crippen LogP contribution in [-0.2, 0) is 18.9 Å². The fraction of sp³-hybridized carbons (Fsp3) is 0.556. The number of carbonyl (C=O) groups excluding carboxylic acids is 2. The monoisotopic (exact) mass is 385 g/mol. The number of halogens is 1. The average molecular weight is 386 g/mol. The van der Waals surface area contributed by atoms with Crippen molar-refractivity contribution in [2.24, 2.45) is 0 Å². The van der Waals surface area contributed by atoms with Crippen molar-refractivity contribution in [2.75, 3.05) is 65.3 Å². The molecule has 8 heteroatoms. The lowest BCUT2D eigenvalue weighted by Crippen LogP contribution is -2.33. The molecule has 2 rings (SSSR count). The number of alkyl halides is 1. The van der Waals surface area contributed by atoms with Crippen molar-refractivity contribution in [1.82, 2.24) is 4.90 Å². The van der Waals surface area contributed by atoms with E-state index in [1.54, 1.807) is 24.3 Å². The minimum atomic E-state index is -0.266. The molecule has 0 bridgehead atoms. The highest BCUT2D eigenvalue weighted by molar-refractivity contribution is 6.21. The van der Waals surface area contributed by atoms with E-state index in [-0.39, 0.29) is 25.0 Å². The third kappa shape index (κ3) is 6.34. The van der Waals surface area contributed by atoms with Gasteiger partial charge in [0.1, 0.15) is 0 Å². The van der Waals surface area contributed by atoms with E-state index in [1.165, 1.54) is 4.90 Å². The van der Waals surface area contributed by atoms with Crippen molar-refractivity contribution >= 4 is 23.4 Å². The Balaban J connectivity index is 1.46. The molecule has 0 radical (unpaired) electrons. The van der Waals surface area contributed by atoms with E-state index in [1.807, 2.05) is 0 Å². The van der Waals surface area contributed by atoms with E-state index >= 15 is 0 Å². The van der Waals surface area contributed by atoms with E-state index in [9.17, 15) is 9.59 Å². The summed E-state index contributed by atoms with van der Waals surface area (Å²) in [4.78, 5) is 25.5. The molecule has 1 aromatic rings. The van der Waals surface area contributed by atoms with Crippen LogP contribution in [0.15, 0.2) is 24.3 Å². The van der Waals surface area contributed by atoms with E-state index in [2.05, 4.69) is 0 Å². The summed E-state index contributed by atoms with van der Waals surface area (Å²) < 4.78 is 21.3. The van der Waals surface area contributed by atoms with Crippen LogP contribution in [0.1, 0.15) is 20.7 Å². The second-order valence-electron chi connectivity index (χ2n) is 5.45. The van der Waals surface area contributed by atoms with Crippen LogP contribution < -0.4 is 0 Å². The van der Waals surface area contributed by atoms with E-state index < -0.39 is 0 Å². The Kier molecular flexibility index (Phi) is 9.58. The lowest BCUT2D eigenvalue weighted by Gasteiger charge is -2.13. The molecule has 144 valence electrons. The molecule has 0 atom stereocenters. The standard InChI is InChI=1S/C18H24ClNO6/c19-5-7-23-9-11-25-13-14-26-12-10-24-8-6-20-17(21)15-3-1-2-4-16(15)18(20)22/h1-4H,5-14H2. The summed E-state index contributed by atoms with van der Waals surface area (Å²) in [7, 11) is 0. The second-order valence-corrected chi connectivity index (χ2v) is 5.82. The fourth-order valence-corrected chi connectivity index (χ4v) is 2.52. The average Bonchev–Trinajstić information content (AvgIpc) is 2.90. The maximum absolute atomic E-state index is 12.2. The van der Waals surface area contributed by atoms with Crippen LogP contribution >= 0.6 is 11.6 Å². The van der Waals surface area contributed by atoms with Crippen molar-refractivity contribution in [3.8, 4) is 0 Å². The van der Waals surface area contributed by atoms with Crippen molar-refractivity contribution < 1.29 is 28.5 Å². The molecule has 26 heavy (non-hydrogen) atoms. The van der Waals surface area contributed by atoms with Crippen LogP contribution in [0.4, 0.5) is 0 Å². The molecule has 1 aliphatic heterocycles. The lowest BCUT2D eigenvalue weighted by atomic mass is 10.1. The number of imide groups is 1. The summed E-state index contributed by atoms with van der Waals surface area (Å²) in [6.45, 7) is 3.85. The van der Waals surface area contributed by atoms with Crippen molar-refractivity contribution in [2.45, 2.75) is 0 Å². The molecule has 0 N–H and O–H groups in total. The number of benzene rings is 1. The van der Waals surface area contributed by atoms with Crippen LogP contribution in [0, 0.1) is 0 Å². The Morgan fingerprint density at radius 2 is 1.12 bits per heavy atom. The van der Waals surface area contributed by atoms with Crippen molar-refractivity contribution in [3.05, 3.63) is 35.4 Å². The molecule has 0 aromatic heterocycles. The SMILES string of the molecule is O=C1c2ccccc2C(=O)N1CCOCCOCCOCCOCCCl. The normalized spacial score (nSPS) is 13.5. The van der Waals surface area contributed by atoms with E-state index in [0.717, 1.165) is 0 Å². The first-order valence-corrected chi connectivity index (χ1v) is 9.11. The molecular formula is C18H24ClNO6. The van der Waals surface area contributed by atoms with Crippen LogP contribution in [0.5, 0.6) is 0 Å². The van der Waals surface area contributed by atoms with Crippen LogP contribution in [0.2, 0.25) is 0 Å². The van der Waals surface area contributed by atoms with Gasteiger partial charge in [0.05, 0.1) is 70.5 Å². The van der Waals surface area contributed by atoms with Crippen LogP contribution in [0.3, 0.4) is 0 Å². The molecule has 0 spiro atoms. The van der Waals surface area contributed by atoms with Gasteiger partial charge in [0.2, 0.25) is 0 Å². The van der Waals surface area contributed by atoms with Gasteiger partial charge in [-0.2, -0.15) is 0 Å². The van der Waals surface area contributed by atoms with Gasteiger partial charge < -0.3 is 18.9 Å². The Morgan fingerprint density at radius 3 is 1.58 bits per heavy atom. The quantitative estimate of drug-likeness (QED) is 0.275. The van der Waals surface area contributed by atoms with Crippen molar-refractivity contribution in [1.29, 1.82) is 0 Å². The summed E-state index contributed by atoms with van der Waals surface area (Å²) in [5, 5.41) is 0. The first kappa shape index (κ1) is 20.8. The van der Waals surface area contributed by atoms with Gasteiger partial charge in [0.15, 0.2) is 0 Å². The third-order valence-electron chi connectivity index (χ3n) is 3.67. The maximum Gasteiger partial charge on any atom is 0.261 e. The predicted octanol–water partition coefficient (Wildman–Crippen LogP) is 1.59. The number of hydrogen-bond acceptors (Lipinski definition) is 6. The highest BCUT2D eigenvalue weighted by atomic mass is 35.5. The molecule has 7 nitrogen and oxygen atoms in total. The molecule has 1 aromatic carbocycles. The van der Waals surface area contributed by atoms with Crippen LogP contribution in [0.25, 0.3) is 0 Å². The molecule has 0 fully saturated rings. The van der Waals surface area contributed by atoms with E-state index in [4.69, 9.17) is 30.5 Å². The molecule has 1 aliphatic rings. The zero-order valence-electron chi connectivity index (χ0n) is 14.7. The van der Waals surface area contributed by atoms with Gasteiger partial charge in [0.25, 0.3) is 11.8 Å². The fourth-order valence-electron chi connectivity index (χ4n) is 2.41. The molecule has 0 saturated heterocycles. The Hall–Kier alpha value is -1.51. The van der Waals surface area contributed by atoms with Gasteiger partial charge in [-0.3, -0.25) is 14.5 Å². The number of nitrogens with zero attached hydrogens (tertiary/aromatic N) is 1. The largest absolute Gasteiger partial charge is 0.378 e. The lowest BCUT2D eigenvalue weighted by molar-refractivity contribution is -0.00184. The number of fused-ring (bicyclic) bond motifs is 1. The second kappa shape index (κ2) is 12.0. The molecule has 0 aliphatic carbocycles. The number of hydrogen-bond donors (Lipinski definition) is 0. The van der Waals surface area contributed by atoms with Gasteiger partial charge in [-0.15, -0.1) is 11.6 Å². The zero-order chi connectivity index (χ0) is 18.6. The smallest absolute Gasteiger partial charge is 0.261 e. The van der Waals surface area contributed by atoms with Gasteiger partial charge in [-0.05, 0) is 12.1 Å². The highest BCUT2D eigenvalue weighted by Gasteiger charge is 2.34. The first-order valence-electron chi connectivity index (χ1n) is 8.58. The van der Waals surface area contributed by atoms with Gasteiger partial charge >= 0.3 is 0 Å². The first-order chi connectivity index (χ1) is 12.8. The predicted molar refractivity (Wildman–Crippen MR) is 95.8 cm³/mol. The minimum absolute atomic E-state index is 0.234. The third-order valence-corrected chi connectivity index (χ3v) is 3.83. The van der Waals surface area contributed by atoms with Gasteiger partial charge in [0, 0.05) is 5.88 Å². The van der Waals surface area contributed by atoms with Crippen molar-refractivity contribution in [3.63, 3.8) is 0 Å². The molecule has 0 saturated carbocycles. The Labute approximate surface area is 158 Å². The summed E-state index contributed by atoms with van der Waals surface area (Å²) >= 11 is 5.47. The maximum atomic E-state index is 12.2. The molecule has 0 unspecified atom stereocenters. The Morgan fingerprint density at radius 1 is 0.692 bits per heavy atom. The number of ether oxygens (including phenoxy) is 4.